The fraction of sp³-hybridized carbons (Fsp3) is 0.167. The number of quaternary nitrogens is 1. The first kappa shape index (κ1) is 35.6. The zero-order valence-electron chi connectivity index (χ0n) is 24.0. The van der Waals surface area contributed by atoms with Gasteiger partial charge in [0.05, 0.1) is 0 Å². The number of para-hydroxylation sites is 1. The fourth-order valence-corrected chi connectivity index (χ4v) is 6.67. The Balaban J connectivity index is 2.07. The van der Waals surface area contributed by atoms with Gasteiger partial charge in [-0.15, -0.1) is 19.8 Å². The molecule has 0 spiro atoms. The summed E-state index contributed by atoms with van der Waals surface area (Å²) in [7, 11) is -14.8. The van der Waals surface area contributed by atoms with Crippen molar-refractivity contribution in [2.45, 2.75) is 35.9 Å². The van der Waals surface area contributed by atoms with Gasteiger partial charge in [0, 0.05) is 30.3 Å². The molecule has 2 aromatic carbocycles. The molecule has 0 bridgehead atoms. The van der Waals surface area contributed by atoms with Crippen LogP contribution in [0, 0.1) is 6.92 Å². The molecule has 4 rings (SSSR count). The molecule has 0 saturated carbocycles. The molecular formula is C24H24ClN8O11S3+. The third-order valence-corrected chi connectivity index (χ3v) is 9.31. The van der Waals surface area contributed by atoms with E-state index in [1.54, 1.807) is 0 Å². The van der Waals surface area contributed by atoms with Crippen molar-refractivity contribution >= 4 is 70.7 Å². The maximum Gasteiger partial charge on any atom is 0.363 e. The van der Waals surface area contributed by atoms with Crippen LogP contribution in [0.3, 0.4) is 0 Å². The highest BCUT2D eigenvalue weighted by atomic mass is 35.5. The largest absolute Gasteiger partial charge is 0.493 e. The zero-order valence-corrected chi connectivity index (χ0v) is 27.2. The predicted molar refractivity (Wildman–Crippen MR) is 165 cm³/mol. The van der Waals surface area contributed by atoms with E-state index in [0.717, 1.165) is 35.2 Å². The molecule has 0 fully saturated rings. The zero-order chi connectivity index (χ0) is 35.1. The minimum absolute atomic E-state index is 0.188. The van der Waals surface area contributed by atoms with Gasteiger partial charge in [0.15, 0.2) is 16.3 Å². The molecule has 2 heterocycles. The molecule has 6 N–H and O–H groups in total. The second-order valence-corrected chi connectivity index (χ2v) is 14.2. The predicted octanol–water partition coefficient (Wildman–Crippen LogP) is 2.86. The smallest absolute Gasteiger partial charge is 0.363 e. The van der Waals surface area contributed by atoms with Crippen molar-refractivity contribution in [3.05, 3.63) is 75.6 Å². The number of aromatic nitrogens is 4. The lowest BCUT2D eigenvalue weighted by Crippen LogP contribution is -2.48. The summed E-state index contributed by atoms with van der Waals surface area (Å²) in [4.78, 5) is 22.8. The number of aromatic hydroxyl groups is 1. The molecule has 1 atom stereocenters. The summed E-state index contributed by atoms with van der Waals surface area (Å²) in [6.45, 7) is 2.44. The van der Waals surface area contributed by atoms with Crippen LogP contribution < -0.4 is 16.0 Å². The van der Waals surface area contributed by atoms with Crippen molar-refractivity contribution < 1.29 is 44.0 Å². The van der Waals surface area contributed by atoms with Crippen LogP contribution in [0.1, 0.15) is 18.1 Å². The van der Waals surface area contributed by atoms with E-state index < -0.39 is 84.8 Å². The number of benzene rings is 2. The number of nitrogens with two attached hydrogens (primary N) is 1. The minimum atomic E-state index is -5.07. The standard InChI is InChI=1S/C24H23ClN8O11S3/c1-3-32-21(34)15(11-45(36,37)38)13(2)20(22(32)35)31-30-16-10-14(8-9-18(16)46(39,40)41)33(26,24-28-12-27-23(25)29-24)17-6-4-5-7-19(17)47(42,43)44/h4-10,12H,3,11,26H2,1-2H3,(H3-,30,34,35,36,37,38,39,40,41,42,43,44)/p+1. The Labute approximate surface area is 271 Å². The van der Waals surface area contributed by atoms with Crippen molar-refractivity contribution in [2.24, 2.45) is 16.1 Å². The number of nitrogens with zero attached hydrogens (tertiary/aromatic N) is 7. The quantitative estimate of drug-likeness (QED) is 0.0515. The summed E-state index contributed by atoms with van der Waals surface area (Å²) in [6, 6.07) is 7.61. The molecule has 4 aromatic rings. The molecular weight excluding hydrogens is 708 g/mol. The van der Waals surface area contributed by atoms with Gasteiger partial charge in [-0.25, -0.2) is 4.98 Å². The van der Waals surface area contributed by atoms with Crippen LogP contribution in [0.2, 0.25) is 5.28 Å². The molecule has 47 heavy (non-hydrogen) atoms. The first-order valence-corrected chi connectivity index (χ1v) is 17.6. The van der Waals surface area contributed by atoms with E-state index in [1.807, 2.05) is 0 Å². The first-order valence-electron chi connectivity index (χ1n) is 12.7. The number of hydrogen-bond donors (Lipinski definition) is 5. The first-order chi connectivity index (χ1) is 21.7. The monoisotopic (exact) mass is 731 g/mol. The molecule has 0 radical (unpaired) electrons. The second kappa shape index (κ2) is 12.7. The Morgan fingerprint density at radius 1 is 0.957 bits per heavy atom. The van der Waals surface area contributed by atoms with Crippen LogP contribution in [0.25, 0.3) is 0 Å². The molecule has 0 aliphatic rings. The maximum atomic E-state index is 12.8. The third-order valence-electron chi connectivity index (χ3n) is 6.68. The molecule has 0 aliphatic heterocycles. The van der Waals surface area contributed by atoms with Gasteiger partial charge in [0.2, 0.25) is 11.2 Å². The van der Waals surface area contributed by atoms with E-state index in [1.165, 1.54) is 32.0 Å². The Morgan fingerprint density at radius 2 is 1.60 bits per heavy atom. The van der Waals surface area contributed by atoms with Gasteiger partial charge in [0.1, 0.15) is 28.4 Å². The summed E-state index contributed by atoms with van der Waals surface area (Å²) in [5.41, 5.74) is -3.49. The average molecular weight is 732 g/mol. The van der Waals surface area contributed by atoms with Gasteiger partial charge >= 0.3 is 16.1 Å². The molecule has 0 amide bonds. The summed E-state index contributed by atoms with van der Waals surface area (Å²) in [5.74, 6) is 4.36. The van der Waals surface area contributed by atoms with Crippen molar-refractivity contribution in [3.8, 4) is 5.88 Å². The van der Waals surface area contributed by atoms with Gasteiger partial charge < -0.3 is 5.11 Å². The lowest BCUT2D eigenvalue weighted by Gasteiger charge is -2.29. The Kier molecular flexibility index (Phi) is 9.65. The summed E-state index contributed by atoms with van der Waals surface area (Å²) in [5, 5.41) is 18.1. The van der Waals surface area contributed by atoms with E-state index >= 15 is 0 Å². The third kappa shape index (κ3) is 7.19. The van der Waals surface area contributed by atoms with Crippen molar-refractivity contribution in [1.29, 1.82) is 0 Å². The molecule has 1 unspecified atom stereocenters. The van der Waals surface area contributed by atoms with E-state index in [0.29, 0.717) is 0 Å². The lowest BCUT2D eigenvalue weighted by atomic mass is 10.1. The summed E-state index contributed by atoms with van der Waals surface area (Å²) >= 11 is 5.97. The number of rotatable bonds is 10. The van der Waals surface area contributed by atoms with Crippen LogP contribution in [0.5, 0.6) is 5.88 Å². The highest BCUT2D eigenvalue weighted by Crippen LogP contribution is 2.44. The van der Waals surface area contributed by atoms with Crippen LogP contribution in [-0.4, -0.2) is 63.5 Å². The van der Waals surface area contributed by atoms with E-state index in [-0.39, 0.29) is 28.8 Å². The second-order valence-electron chi connectivity index (χ2n) is 9.60. The number of azo groups is 1. The van der Waals surface area contributed by atoms with Crippen molar-refractivity contribution in [3.63, 3.8) is 0 Å². The van der Waals surface area contributed by atoms with Gasteiger partial charge in [-0.2, -0.15) is 36.1 Å². The van der Waals surface area contributed by atoms with Crippen LogP contribution in [0.4, 0.5) is 28.7 Å². The highest BCUT2D eigenvalue weighted by molar-refractivity contribution is 7.86. The van der Waals surface area contributed by atoms with Crippen molar-refractivity contribution in [2.75, 3.05) is 0 Å². The van der Waals surface area contributed by atoms with Crippen LogP contribution >= 0.6 is 11.6 Å². The van der Waals surface area contributed by atoms with Crippen LogP contribution in [0.15, 0.2) is 73.6 Å². The van der Waals surface area contributed by atoms with Gasteiger partial charge in [-0.05, 0) is 43.1 Å². The van der Waals surface area contributed by atoms with Crippen LogP contribution in [-0.2, 0) is 42.7 Å². The highest BCUT2D eigenvalue weighted by Gasteiger charge is 2.42. The molecule has 250 valence electrons. The van der Waals surface area contributed by atoms with Gasteiger partial charge in [-0.1, -0.05) is 12.1 Å². The van der Waals surface area contributed by atoms with E-state index in [9.17, 15) is 48.8 Å². The molecule has 0 saturated heterocycles. The number of halogens is 1. The molecule has 2 aromatic heterocycles. The number of pyridine rings is 1. The normalized spacial score (nSPS) is 13.9. The molecule has 23 heteroatoms. The van der Waals surface area contributed by atoms with Gasteiger partial charge in [0.25, 0.3) is 25.8 Å². The van der Waals surface area contributed by atoms with Crippen molar-refractivity contribution in [1.82, 2.24) is 24.1 Å². The topological polar surface area (TPSA) is 295 Å². The fourth-order valence-electron chi connectivity index (χ4n) is 4.52. The SMILES string of the molecule is CCn1c(O)c(N=Nc2cc([N+](N)(c3ncnc(Cl)n3)c3ccccc3S(=O)(=O)O)ccc2S(=O)(=O)O)c(C)c(CS(=O)(=O)O)c1=O. The minimum Gasteiger partial charge on any atom is -0.493 e. The molecule has 0 aliphatic carbocycles. The average Bonchev–Trinajstić information content (AvgIpc) is 2.97. The number of hydrogen-bond acceptors (Lipinski definition) is 14. The van der Waals surface area contributed by atoms with Gasteiger partial charge in [-0.3, -0.25) is 23.0 Å². The maximum absolute atomic E-state index is 12.8. The van der Waals surface area contributed by atoms with E-state index in [4.69, 9.17) is 17.4 Å². The Morgan fingerprint density at radius 3 is 2.17 bits per heavy atom. The summed E-state index contributed by atoms with van der Waals surface area (Å²) < 4.78 is 101. The Hall–Kier alpha value is -4.26. The van der Waals surface area contributed by atoms with E-state index in [2.05, 4.69) is 25.2 Å². The Bertz CT molecular complexity index is 2330. The molecule has 19 nitrogen and oxygen atoms in total. The summed E-state index contributed by atoms with van der Waals surface area (Å²) in [6.07, 6.45) is 0.937. The lowest BCUT2D eigenvalue weighted by molar-refractivity contribution is 0.411.